The maximum atomic E-state index is 12.3. The molecule has 28 heavy (non-hydrogen) atoms. The molecule has 1 aromatic heterocycles. The molecule has 0 bridgehead atoms. The van der Waals surface area contributed by atoms with Crippen molar-refractivity contribution in [3.05, 3.63) is 84.1 Å². The average Bonchev–Trinajstić information content (AvgIpc) is 2.63. The van der Waals surface area contributed by atoms with Crippen molar-refractivity contribution in [2.75, 3.05) is 6.54 Å². The van der Waals surface area contributed by atoms with Crippen molar-refractivity contribution in [1.29, 1.82) is 0 Å². The van der Waals surface area contributed by atoms with Crippen LogP contribution in [0.2, 0.25) is 5.02 Å². The molecule has 1 heterocycles. The number of nitro benzene ring substituents is 1. The topological polar surface area (TPSA) is 105 Å². The van der Waals surface area contributed by atoms with Gasteiger partial charge in [-0.25, -0.2) is 0 Å². The number of carbonyl (C=O) groups is 1. The minimum Gasteiger partial charge on any atom is -0.351 e. The number of nitrogens with zero attached hydrogens (tertiary/aromatic N) is 1. The van der Waals surface area contributed by atoms with Crippen molar-refractivity contribution in [3.63, 3.8) is 0 Å². The maximum Gasteiger partial charge on any atom is 0.282 e. The van der Waals surface area contributed by atoms with E-state index >= 15 is 0 Å². The summed E-state index contributed by atoms with van der Waals surface area (Å²) in [6, 6.07) is 9.52. The maximum absolute atomic E-state index is 12.3. The van der Waals surface area contributed by atoms with Gasteiger partial charge in [0.2, 0.25) is 0 Å². The molecule has 2 aromatic carbocycles. The van der Waals surface area contributed by atoms with Gasteiger partial charge < -0.3 is 10.3 Å². The second-order valence-electron chi connectivity index (χ2n) is 6.57. The monoisotopic (exact) mass is 399 g/mol. The van der Waals surface area contributed by atoms with Crippen LogP contribution in [0, 0.1) is 24.0 Å². The first kappa shape index (κ1) is 19.6. The number of hydrogen-bond donors (Lipinski definition) is 2. The first-order valence-electron chi connectivity index (χ1n) is 8.61. The Morgan fingerprint density at radius 2 is 1.89 bits per heavy atom. The predicted molar refractivity (Wildman–Crippen MR) is 108 cm³/mol. The molecule has 0 aliphatic carbocycles. The highest BCUT2D eigenvalue weighted by atomic mass is 35.5. The number of aromatic amines is 1. The third kappa shape index (κ3) is 4.04. The Morgan fingerprint density at radius 3 is 2.61 bits per heavy atom. The Morgan fingerprint density at radius 1 is 1.18 bits per heavy atom. The van der Waals surface area contributed by atoms with E-state index in [4.69, 9.17) is 11.6 Å². The van der Waals surface area contributed by atoms with Crippen molar-refractivity contribution in [2.24, 2.45) is 0 Å². The summed E-state index contributed by atoms with van der Waals surface area (Å²) in [5.41, 5.74) is 2.83. The lowest BCUT2D eigenvalue weighted by Gasteiger charge is -2.08. The number of fused-ring (bicyclic) bond motifs is 1. The molecule has 0 fully saturated rings. The first-order valence-corrected chi connectivity index (χ1v) is 8.99. The highest BCUT2D eigenvalue weighted by Crippen LogP contribution is 2.22. The van der Waals surface area contributed by atoms with Gasteiger partial charge in [0.15, 0.2) is 0 Å². The number of halogens is 1. The van der Waals surface area contributed by atoms with Crippen LogP contribution in [0.25, 0.3) is 10.9 Å². The van der Waals surface area contributed by atoms with Gasteiger partial charge in [0.05, 0.1) is 4.92 Å². The van der Waals surface area contributed by atoms with Crippen LogP contribution in [0.15, 0.2) is 41.2 Å². The van der Waals surface area contributed by atoms with E-state index in [1.165, 1.54) is 18.2 Å². The highest BCUT2D eigenvalue weighted by molar-refractivity contribution is 6.31. The zero-order valence-electron chi connectivity index (χ0n) is 15.3. The lowest BCUT2D eigenvalue weighted by molar-refractivity contribution is -0.385. The minimum absolute atomic E-state index is 0.115. The Kier molecular flexibility index (Phi) is 5.46. The molecular formula is C20H18ClN3O4. The smallest absolute Gasteiger partial charge is 0.282 e. The van der Waals surface area contributed by atoms with Crippen LogP contribution in [0.5, 0.6) is 0 Å². The fourth-order valence-corrected chi connectivity index (χ4v) is 3.14. The number of carbonyl (C=O) groups excluding carboxylic acids is 1. The number of amides is 1. The molecule has 0 saturated carbocycles. The van der Waals surface area contributed by atoms with E-state index in [9.17, 15) is 19.7 Å². The van der Waals surface area contributed by atoms with E-state index < -0.39 is 10.8 Å². The van der Waals surface area contributed by atoms with Gasteiger partial charge in [-0.2, -0.15) is 0 Å². The van der Waals surface area contributed by atoms with Gasteiger partial charge in [-0.1, -0.05) is 11.6 Å². The summed E-state index contributed by atoms with van der Waals surface area (Å²) < 4.78 is 0. The van der Waals surface area contributed by atoms with Gasteiger partial charge in [0.25, 0.3) is 17.2 Å². The molecule has 2 N–H and O–H groups in total. The van der Waals surface area contributed by atoms with Gasteiger partial charge in [-0.15, -0.1) is 0 Å². The minimum atomic E-state index is -0.635. The van der Waals surface area contributed by atoms with Crippen molar-refractivity contribution >= 4 is 34.1 Å². The third-order valence-corrected chi connectivity index (χ3v) is 4.85. The second kappa shape index (κ2) is 7.82. The van der Waals surface area contributed by atoms with E-state index in [-0.39, 0.29) is 34.8 Å². The molecule has 0 radical (unpaired) electrons. The SMILES string of the molecule is Cc1cc2cc(CCNC(=O)c3cc(Cl)ccc3[N+](=O)[O-])c(=O)[nH]c2cc1C. The molecular weight excluding hydrogens is 382 g/mol. The fourth-order valence-electron chi connectivity index (χ4n) is 2.96. The van der Waals surface area contributed by atoms with Crippen LogP contribution in [0.4, 0.5) is 5.69 Å². The summed E-state index contributed by atoms with van der Waals surface area (Å²) in [6.07, 6.45) is 0.290. The highest BCUT2D eigenvalue weighted by Gasteiger charge is 2.20. The van der Waals surface area contributed by atoms with Gasteiger partial charge >= 0.3 is 0 Å². The summed E-state index contributed by atoms with van der Waals surface area (Å²) in [5, 5.41) is 14.8. The molecule has 0 aliphatic rings. The Hall–Kier alpha value is -3.19. The molecule has 8 heteroatoms. The first-order chi connectivity index (χ1) is 13.3. The average molecular weight is 400 g/mol. The Balaban J connectivity index is 1.77. The van der Waals surface area contributed by atoms with Crippen LogP contribution in [-0.4, -0.2) is 22.4 Å². The second-order valence-corrected chi connectivity index (χ2v) is 7.01. The molecule has 1 amide bonds. The van der Waals surface area contributed by atoms with Crippen LogP contribution < -0.4 is 10.9 Å². The third-order valence-electron chi connectivity index (χ3n) is 4.62. The molecule has 144 valence electrons. The number of benzene rings is 2. The number of H-pyrrole nitrogens is 1. The number of hydrogen-bond acceptors (Lipinski definition) is 4. The molecule has 0 atom stereocenters. The normalized spacial score (nSPS) is 10.8. The molecule has 0 aliphatic heterocycles. The van der Waals surface area contributed by atoms with E-state index in [0.29, 0.717) is 5.56 Å². The zero-order chi connectivity index (χ0) is 20.4. The molecule has 3 aromatic rings. The summed E-state index contributed by atoms with van der Waals surface area (Å²) in [4.78, 5) is 37.9. The molecule has 0 saturated heterocycles. The number of pyridine rings is 1. The van der Waals surface area contributed by atoms with Gasteiger partial charge in [0, 0.05) is 28.7 Å². The molecule has 0 unspecified atom stereocenters. The van der Waals surface area contributed by atoms with E-state index in [1.807, 2.05) is 26.0 Å². The van der Waals surface area contributed by atoms with Gasteiger partial charge in [-0.3, -0.25) is 19.7 Å². The standard InChI is InChI=1S/C20H18ClN3O4/c1-11-7-14-9-13(19(25)23-17(14)8-12(11)2)5-6-22-20(26)16-10-15(21)3-4-18(16)24(27)28/h3-4,7-10H,5-6H2,1-2H3,(H,22,26)(H,23,25). The summed E-state index contributed by atoms with van der Waals surface area (Å²) in [7, 11) is 0. The Labute approximate surface area is 165 Å². The summed E-state index contributed by atoms with van der Waals surface area (Å²) in [6.45, 7) is 4.13. The predicted octanol–water partition coefficient (Wildman–Crippen LogP) is 3.68. The van der Waals surface area contributed by atoms with Crippen LogP contribution in [0.3, 0.4) is 0 Å². The number of rotatable bonds is 5. The Bertz CT molecular complexity index is 1150. The number of aromatic nitrogens is 1. The zero-order valence-corrected chi connectivity index (χ0v) is 16.1. The largest absolute Gasteiger partial charge is 0.351 e. The molecule has 7 nitrogen and oxygen atoms in total. The number of nitro groups is 1. The van der Waals surface area contributed by atoms with E-state index in [1.54, 1.807) is 6.07 Å². The quantitative estimate of drug-likeness (QED) is 0.504. The van der Waals surface area contributed by atoms with E-state index in [2.05, 4.69) is 10.3 Å². The van der Waals surface area contributed by atoms with Crippen molar-refractivity contribution in [3.8, 4) is 0 Å². The molecule has 0 spiro atoms. The van der Waals surface area contributed by atoms with Crippen LogP contribution >= 0.6 is 11.6 Å². The van der Waals surface area contributed by atoms with Crippen LogP contribution in [0.1, 0.15) is 27.0 Å². The molecule has 3 rings (SSSR count). The van der Waals surface area contributed by atoms with Gasteiger partial charge in [0.1, 0.15) is 5.56 Å². The van der Waals surface area contributed by atoms with Crippen molar-refractivity contribution in [2.45, 2.75) is 20.3 Å². The number of aryl methyl sites for hydroxylation is 2. The van der Waals surface area contributed by atoms with E-state index in [0.717, 1.165) is 22.0 Å². The lowest BCUT2D eigenvalue weighted by atomic mass is 10.0. The van der Waals surface area contributed by atoms with Gasteiger partial charge in [-0.05, 0) is 67.1 Å². The number of nitrogens with one attached hydrogen (secondary N) is 2. The van der Waals surface area contributed by atoms with Crippen LogP contribution in [-0.2, 0) is 6.42 Å². The van der Waals surface area contributed by atoms with Crippen molar-refractivity contribution < 1.29 is 9.72 Å². The lowest BCUT2D eigenvalue weighted by Crippen LogP contribution is -2.28. The summed E-state index contributed by atoms with van der Waals surface area (Å²) >= 11 is 5.85. The van der Waals surface area contributed by atoms with Crippen molar-refractivity contribution in [1.82, 2.24) is 10.3 Å². The summed E-state index contributed by atoms with van der Waals surface area (Å²) in [5.74, 6) is -0.613. The fraction of sp³-hybridized carbons (Fsp3) is 0.200.